The van der Waals surface area contributed by atoms with Crippen molar-refractivity contribution in [2.75, 3.05) is 5.32 Å². The van der Waals surface area contributed by atoms with Crippen LogP contribution in [0.15, 0.2) is 42.5 Å². The van der Waals surface area contributed by atoms with Crippen LogP contribution in [0, 0.1) is 11.8 Å². The van der Waals surface area contributed by atoms with Gasteiger partial charge >= 0.3 is 11.9 Å². The van der Waals surface area contributed by atoms with Crippen LogP contribution in [0.5, 0.6) is 11.5 Å². The van der Waals surface area contributed by atoms with Crippen molar-refractivity contribution in [3.05, 3.63) is 53.1 Å². The third kappa shape index (κ3) is 5.83. The molecule has 1 N–H and O–H groups in total. The van der Waals surface area contributed by atoms with Gasteiger partial charge in [-0.3, -0.25) is 9.59 Å². The molecule has 0 heterocycles. The molecule has 1 amide bonds. The van der Waals surface area contributed by atoms with Gasteiger partial charge in [0, 0.05) is 22.7 Å². The molecule has 0 saturated heterocycles. The Kier molecular flexibility index (Phi) is 7.11. The molecule has 1 aliphatic rings. The average molecular weight is 430 g/mol. The quantitative estimate of drug-likeness (QED) is 0.501. The molecular weight excluding hydrogens is 406 g/mol. The molecule has 0 unspecified atom stereocenters. The van der Waals surface area contributed by atoms with Crippen LogP contribution in [0.1, 0.15) is 49.9 Å². The lowest BCUT2D eigenvalue weighted by Gasteiger charge is -2.11. The molecule has 0 spiro atoms. The molecular formula is C23H24ClNO5. The highest BCUT2D eigenvalue weighted by Gasteiger charge is 2.25. The van der Waals surface area contributed by atoms with Gasteiger partial charge in [-0.25, -0.2) is 4.79 Å². The number of rotatable bonds is 6. The first-order valence-electron chi connectivity index (χ1n) is 9.97. The highest BCUT2D eigenvalue weighted by Crippen LogP contribution is 2.30. The molecule has 1 saturated carbocycles. The molecule has 7 heteroatoms. The minimum Gasteiger partial charge on any atom is -0.426 e. The highest BCUT2D eigenvalue weighted by atomic mass is 35.5. The molecule has 1 fully saturated rings. The van der Waals surface area contributed by atoms with E-state index in [9.17, 15) is 14.4 Å². The molecule has 0 aromatic heterocycles. The van der Waals surface area contributed by atoms with E-state index >= 15 is 0 Å². The Bertz CT molecular complexity index is 933. The van der Waals surface area contributed by atoms with Gasteiger partial charge in [-0.1, -0.05) is 38.3 Å². The Morgan fingerprint density at radius 1 is 0.967 bits per heavy atom. The van der Waals surface area contributed by atoms with E-state index < -0.39 is 5.97 Å². The molecule has 2 aromatic carbocycles. The minimum absolute atomic E-state index is 0.0929. The molecule has 0 bridgehead atoms. The van der Waals surface area contributed by atoms with Crippen molar-refractivity contribution in [3.8, 4) is 11.5 Å². The zero-order valence-corrected chi connectivity index (χ0v) is 17.7. The van der Waals surface area contributed by atoms with Gasteiger partial charge < -0.3 is 14.8 Å². The van der Waals surface area contributed by atoms with Crippen LogP contribution >= 0.6 is 11.6 Å². The van der Waals surface area contributed by atoms with Crippen LogP contribution in [-0.4, -0.2) is 17.8 Å². The summed E-state index contributed by atoms with van der Waals surface area (Å²) in [6.07, 6.45) is 3.71. The Labute approximate surface area is 180 Å². The molecule has 2 aromatic rings. The Balaban J connectivity index is 1.65. The number of halogens is 1. The van der Waals surface area contributed by atoms with Crippen molar-refractivity contribution in [2.24, 2.45) is 11.8 Å². The van der Waals surface area contributed by atoms with E-state index in [1.807, 2.05) is 0 Å². The van der Waals surface area contributed by atoms with Gasteiger partial charge in [0.15, 0.2) is 0 Å². The highest BCUT2D eigenvalue weighted by molar-refractivity contribution is 6.30. The molecule has 0 radical (unpaired) electrons. The van der Waals surface area contributed by atoms with Crippen molar-refractivity contribution >= 4 is 35.1 Å². The van der Waals surface area contributed by atoms with Gasteiger partial charge in [0.25, 0.3) is 0 Å². The van der Waals surface area contributed by atoms with Crippen LogP contribution < -0.4 is 14.8 Å². The van der Waals surface area contributed by atoms with Crippen molar-refractivity contribution in [1.29, 1.82) is 0 Å². The summed E-state index contributed by atoms with van der Waals surface area (Å²) < 4.78 is 10.8. The molecule has 6 nitrogen and oxygen atoms in total. The van der Waals surface area contributed by atoms with Crippen LogP contribution in [0.3, 0.4) is 0 Å². The predicted molar refractivity (Wildman–Crippen MR) is 114 cm³/mol. The summed E-state index contributed by atoms with van der Waals surface area (Å²) in [6, 6.07) is 10.8. The molecule has 1 aliphatic carbocycles. The monoisotopic (exact) mass is 429 g/mol. The lowest BCUT2D eigenvalue weighted by molar-refractivity contribution is -0.138. The molecule has 3 rings (SSSR count). The number of carbonyl (C=O) groups excluding carboxylic acids is 3. The first kappa shape index (κ1) is 21.8. The maximum absolute atomic E-state index is 12.4. The Morgan fingerprint density at radius 3 is 2.17 bits per heavy atom. The number of ether oxygens (including phenoxy) is 2. The molecule has 30 heavy (non-hydrogen) atoms. The maximum atomic E-state index is 12.4. The number of benzene rings is 2. The summed E-state index contributed by atoms with van der Waals surface area (Å²) in [6.45, 7) is 3.59. The zero-order chi connectivity index (χ0) is 21.7. The van der Waals surface area contributed by atoms with Gasteiger partial charge in [0.1, 0.15) is 11.5 Å². The summed E-state index contributed by atoms with van der Waals surface area (Å²) in [7, 11) is 0. The van der Waals surface area contributed by atoms with Gasteiger partial charge in [-0.15, -0.1) is 0 Å². The maximum Gasteiger partial charge on any atom is 0.343 e. The van der Waals surface area contributed by atoms with E-state index in [2.05, 4.69) is 5.32 Å². The Hall–Kier alpha value is -2.86. The lowest BCUT2D eigenvalue weighted by atomic mass is 10.1. The van der Waals surface area contributed by atoms with Crippen molar-refractivity contribution < 1.29 is 23.9 Å². The van der Waals surface area contributed by atoms with Crippen LogP contribution in [0.4, 0.5) is 5.69 Å². The van der Waals surface area contributed by atoms with Crippen LogP contribution in [0.25, 0.3) is 0 Å². The third-order valence-electron chi connectivity index (χ3n) is 4.87. The predicted octanol–water partition coefficient (Wildman–Crippen LogP) is 5.25. The van der Waals surface area contributed by atoms with Gasteiger partial charge in [0.05, 0.1) is 11.5 Å². The fourth-order valence-electron chi connectivity index (χ4n) is 3.16. The van der Waals surface area contributed by atoms with E-state index in [-0.39, 0.29) is 35.2 Å². The summed E-state index contributed by atoms with van der Waals surface area (Å²) >= 11 is 6.09. The van der Waals surface area contributed by atoms with E-state index in [0.29, 0.717) is 16.3 Å². The number of hydrogen-bond acceptors (Lipinski definition) is 5. The second-order valence-corrected chi connectivity index (χ2v) is 8.07. The SMILES string of the molecule is CC(C)C(=O)Nc1ccc(C(=O)Oc2cc(Cl)cc(OC(=O)C3CCCC3)c2)cc1. The second-order valence-electron chi connectivity index (χ2n) is 7.64. The van der Waals surface area contributed by atoms with E-state index in [0.717, 1.165) is 25.7 Å². The van der Waals surface area contributed by atoms with Gasteiger partial charge in [0.2, 0.25) is 5.91 Å². The topological polar surface area (TPSA) is 81.7 Å². The van der Waals surface area contributed by atoms with E-state index in [1.165, 1.54) is 18.2 Å². The first-order chi connectivity index (χ1) is 14.3. The van der Waals surface area contributed by atoms with Gasteiger partial charge in [-0.2, -0.15) is 0 Å². The summed E-state index contributed by atoms with van der Waals surface area (Å²) in [5.74, 6) is -0.797. The summed E-state index contributed by atoms with van der Waals surface area (Å²) in [5, 5.41) is 3.05. The van der Waals surface area contributed by atoms with Crippen molar-refractivity contribution in [2.45, 2.75) is 39.5 Å². The largest absolute Gasteiger partial charge is 0.426 e. The zero-order valence-electron chi connectivity index (χ0n) is 16.9. The fourth-order valence-corrected chi connectivity index (χ4v) is 3.37. The summed E-state index contributed by atoms with van der Waals surface area (Å²) in [4.78, 5) is 36.4. The number of esters is 2. The standard InChI is InChI=1S/C23H24ClNO5/c1-14(2)21(26)25-18-9-7-16(8-10-18)23(28)30-20-12-17(24)11-19(13-20)29-22(27)15-5-3-4-6-15/h7-15H,3-6H2,1-2H3,(H,25,26). The molecule has 0 aliphatic heterocycles. The van der Waals surface area contributed by atoms with Crippen LogP contribution in [-0.2, 0) is 9.59 Å². The van der Waals surface area contributed by atoms with Crippen molar-refractivity contribution in [3.63, 3.8) is 0 Å². The Morgan fingerprint density at radius 2 is 1.57 bits per heavy atom. The molecule has 158 valence electrons. The first-order valence-corrected chi connectivity index (χ1v) is 10.3. The van der Waals surface area contributed by atoms with Crippen molar-refractivity contribution in [1.82, 2.24) is 0 Å². The molecule has 0 atom stereocenters. The van der Waals surface area contributed by atoms with E-state index in [4.69, 9.17) is 21.1 Å². The third-order valence-corrected chi connectivity index (χ3v) is 5.09. The van der Waals surface area contributed by atoms with E-state index in [1.54, 1.807) is 38.1 Å². The van der Waals surface area contributed by atoms with Gasteiger partial charge in [-0.05, 0) is 49.2 Å². The number of hydrogen-bond donors (Lipinski definition) is 1. The summed E-state index contributed by atoms with van der Waals surface area (Å²) in [5.41, 5.74) is 0.899. The number of anilines is 1. The second kappa shape index (κ2) is 9.76. The lowest BCUT2D eigenvalue weighted by Crippen LogP contribution is -2.18. The fraction of sp³-hybridized carbons (Fsp3) is 0.348. The smallest absolute Gasteiger partial charge is 0.343 e. The minimum atomic E-state index is -0.591. The average Bonchev–Trinajstić information content (AvgIpc) is 3.23. The number of carbonyl (C=O) groups is 3. The normalized spacial score (nSPS) is 13.9. The number of nitrogens with one attached hydrogen (secondary N) is 1. The number of amides is 1. The van der Waals surface area contributed by atoms with Crippen LogP contribution in [0.2, 0.25) is 5.02 Å².